The molecule has 0 aromatic heterocycles. The van der Waals surface area contributed by atoms with Gasteiger partial charge in [-0.1, -0.05) is 0 Å². The quantitative estimate of drug-likeness (QED) is 0.469. The first-order valence-electron chi connectivity index (χ1n) is 3.17. The predicted octanol–water partition coefficient (Wildman–Crippen LogP) is -0.354. The van der Waals surface area contributed by atoms with E-state index >= 15 is 0 Å². The summed E-state index contributed by atoms with van der Waals surface area (Å²) in [6, 6.07) is -0.0637. The third-order valence-electron chi connectivity index (χ3n) is 1.63. The summed E-state index contributed by atoms with van der Waals surface area (Å²) in [5.41, 5.74) is 0. The Labute approximate surface area is 54.1 Å². The number of piperidine rings is 1. The first-order chi connectivity index (χ1) is 4.20. The van der Waals surface area contributed by atoms with Crippen molar-refractivity contribution in [2.75, 3.05) is 0 Å². The molecule has 0 aromatic rings. The number of carbonyl (C=O) groups is 1. The van der Waals surface area contributed by atoms with Gasteiger partial charge in [-0.2, -0.15) is 0 Å². The highest BCUT2D eigenvalue weighted by atomic mass is 16.3. The van der Waals surface area contributed by atoms with Crippen LogP contribution in [0, 0.1) is 0 Å². The van der Waals surface area contributed by atoms with E-state index in [1.807, 2.05) is 6.92 Å². The van der Waals surface area contributed by atoms with Gasteiger partial charge in [0, 0.05) is 6.42 Å². The SMILES string of the molecule is C[C@H]1NC(=O)CC[C@@H]1O. The average Bonchev–Trinajstić information content (AvgIpc) is 1.80. The number of carbonyl (C=O) groups excluding carboxylic acids is 1. The molecule has 0 aliphatic carbocycles. The lowest BCUT2D eigenvalue weighted by Crippen LogP contribution is -2.45. The van der Waals surface area contributed by atoms with Gasteiger partial charge in [0.05, 0.1) is 12.1 Å². The fourth-order valence-corrected chi connectivity index (χ4v) is 0.951. The van der Waals surface area contributed by atoms with E-state index in [0.717, 1.165) is 0 Å². The highest BCUT2D eigenvalue weighted by Crippen LogP contribution is 2.07. The number of aliphatic hydroxyl groups is 1. The van der Waals surface area contributed by atoms with E-state index in [1.165, 1.54) is 0 Å². The minimum Gasteiger partial charge on any atom is -0.391 e. The Balaban J connectivity index is 2.44. The molecule has 1 amide bonds. The molecule has 0 unspecified atom stereocenters. The molecule has 1 aliphatic heterocycles. The standard InChI is InChI=1S/C6H11NO2/c1-4-5(8)2-3-6(9)7-4/h4-5,8H,2-3H2,1H3,(H,7,9)/t4-,5+/m1/s1. The zero-order valence-electron chi connectivity index (χ0n) is 5.42. The summed E-state index contributed by atoms with van der Waals surface area (Å²) in [5.74, 6) is 0.0489. The van der Waals surface area contributed by atoms with Crippen LogP contribution in [-0.2, 0) is 4.79 Å². The summed E-state index contributed by atoms with van der Waals surface area (Å²) in [6.07, 6.45) is 0.723. The summed E-state index contributed by atoms with van der Waals surface area (Å²) in [5, 5.41) is 11.7. The molecular weight excluding hydrogens is 118 g/mol. The van der Waals surface area contributed by atoms with E-state index in [2.05, 4.69) is 5.32 Å². The molecule has 2 N–H and O–H groups in total. The van der Waals surface area contributed by atoms with Crippen molar-refractivity contribution >= 4 is 5.91 Å². The molecule has 0 radical (unpaired) electrons. The first-order valence-corrected chi connectivity index (χ1v) is 3.17. The molecule has 1 heterocycles. The minimum atomic E-state index is -0.345. The third kappa shape index (κ3) is 1.42. The van der Waals surface area contributed by atoms with Crippen LogP contribution in [0.1, 0.15) is 19.8 Å². The number of amides is 1. The maximum Gasteiger partial charge on any atom is 0.220 e. The molecule has 1 fully saturated rings. The van der Waals surface area contributed by atoms with Gasteiger partial charge in [-0.25, -0.2) is 0 Å². The lowest BCUT2D eigenvalue weighted by Gasteiger charge is -2.24. The summed E-state index contributed by atoms with van der Waals surface area (Å²) in [6.45, 7) is 1.81. The third-order valence-corrected chi connectivity index (χ3v) is 1.63. The van der Waals surface area contributed by atoms with Crippen molar-refractivity contribution in [2.45, 2.75) is 31.9 Å². The zero-order valence-corrected chi connectivity index (χ0v) is 5.42. The van der Waals surface area contributed by atoms with E-state index in [4.69, 9.17) is 5.11 Å². The fourth-order valence-electron chi connectivity index (χ4n) is 0.951. The molecular formula is C6H11NO2. The molecule has 3 nitrogen and oxygen atoms in total. The lowest BCUT2D eigenvalue weighted by molar-refractivity contribution is -0.125. The van der Waals surface area contributed by atoms with Gasteiger partial charge < -0.3 is 10.4 Å². The number of aliphatic hydroxyl groups excluding tert-OH is 1. The maximum atomic E-state index is 10.6. The van der Waals surface area contributed by atoms with Crippen molar-refractivity contribution < 1.29 is 9.90 Å². The Morgan fingerprint density at radius 3 is 2.89 bits per heavy atom. The predicted molar refractivity (Wildman–Crippen MR) is 32.8 cm³/mol. The molecule has 9 heavy (non-hydrogen) atoms. The monoisotopic (exact) mass is 129 g/mol. The van der Waals surface area contributed by atoms with E-state index in [-0.39, 0.29) is 18.1 Å². The number of hydrogen-bond acceptors (Lipinski definition) is 2. The van der Waals surface area contributed by atoms with Gasteiger partial charge in [0.1, 0.15) is 0 Å². The highest BCUT2D eigenvalue weighted by molar-refractivity contribution is 5.77. The Hall–Kier alpha value is -0.570. The van der Waals surface area contributed by atoms with E-state index < -0.39 is 0 Å². The van der Waals surface area contributed by atoms with E-state index in [9.17, 15) is 4.79 Å². The van der Waals surface area contributed by atoms with E-state index in [1.54, 1.807) is 0 Å². The molecule has 0 aromatic carbocycles. The van der Waals surface area contributed by atoms with Gasteiger partial charge in [0.2, 0.25) is 5.91 Å². The summed E-state index contributed by atoms with van der Waals surface area (Å²) < 4.78 is 0. The second-order valence-corrected chi connectivity index (χ2v) is 2.46. The average molecular weight is 129 g/mol. The van der Waals surface area contributed by atoms with Crippen molar-refractivity contribution in [1.82, 2.24) is 5.32 Å². The smallest absolute Gasteiger partial charge is 0.220 e. The molecule has 0 bridgehead atoms. The minimum absolute atomic E-state index is 0.0489. The molecule has 0 spiro atoms. The number of hydrogen-bond donors (Lipinski definition) is 2. The molecule has 2 atom stereocenters. The van der Waals surface area contributed by atoms with Crippen LogP contribution in [0.25, 0.3) is 0 Å². The summed E-state index contributed by atoms with van der Waals surface area (Å²) in [4.78, 5) is 10.6. The Morgan fingerprint density at radius 1 is 1.78 bits per heavy atom. The van der Waals surface area contributed by atoms with Crippen LogP contribution >= 0.6 is 0 Å². The van der Waals surface area contributed by atoms with Crippen LogP contribution in [0.3, 0.4) is 0 Å². The molecule has 52 valence electrons. The Morgan fingerprint density at radius 2 is 2.44 bits per heavy atom. The van der Waals surface area contributed by atoms with Crippen LogP contribution in [0.2, 0.25) is 0 Å². The zero-order chi connectivity index (χ0) is 6.85. The van der Waals surface area contributed by atoms with Gasteiger partial charge in [0.25, 0.3) is 0 Å². The summed E-state index contributed by atoms with van der Waals surface area (Å²) in [7, 11) is 0. The normalized spacial score (nSPS) is 36.0. The maximum absolute atomic E-state index is 10.6. The lowest BCUT2D eigenvalue weighted by atomic mass is 10.0. The summed E-state index contributed by atoms with van der Waals surface area (Å²) >= 11 is 0. The van der Waals surface area contributed by atoms with Crippen LogP contribution in [0.4, 0.5) is 0 Å². The fraction of sp³-hybridized carbons (Fsp3) is 0.833. The van der Waals surface area contributed by atoms with Crippen molar-refractivity contribution in [3.8, 4) is 0 Å². The first kappa shape index (κ1) is 6.55. The molecule has 0 saturated carbocycles. The van der Waals surface area contributed by atoms with Crippen molar-refractivity contribution in [2.24, 2.45) is 0 Å². The van der Waals surface area contributed by atoms with Crippen molar-refractivity contribution in [3.05, 3.63) is 0 Å². The topological polar surface area (TPSA) is 49.3 Å². The van der Waals surface area contributed by atoms with Gasteiger partial charge in [0.15, 0.2) is 0 Å². The molecule has 1 rings (SSSR count). The van der Waals surface area contributed by atoms with E-state index in [0.29, 0.717) is 12.8 Å². The van der Waals surface area contributed by atoms with Crippen molar-refractivity contribution in [1.29, 1.82) is 0 Å². The number of rotatable bonds is 0. The molecule has 3 heteroatoms. The Bertz CT molecular complexity index is 124. The Kier molecular flexibility index (Phi) is 1.71. The van der Waals surface area contributed by atoms with Gasteiger partial charge in [-0.3, -0.25) is 4.79 Å². The van der Waals surface area contributed by atoms with Crippen LogP contribution in [-0.4, -0.2) is 23.2 Å². The van der Waals surface area contributed by atoms with Crippen molar-refractivity contribution in [3.63, 3.8) is 0 Å². The highest BCUT2D eigenvalue weighted by Gasteiger charge is 2.22. The van der Waals surface area contributed by atoms with Crippen LogP contribution in [0.5, 0.6) is 0 Å². The number of nitrogens with one attached hydrogen (secondary N) is 1. The molecule has 1 aliphatic rings. The largest absolute Gasteiger partial charge is 0.391 e. The van der Waals surface area contributed by atoms with Gasteiger partial charge >= 0.3 is 0 Å². The van der Waals surface area contributed by atoms with Gasteiger partial charge in [-0.05, 0) is 13.3 Å². The second-order valence-electron chi connectivity index (χ2n) is 2.46. The second kappa shape index (κ2) is 2.35. The molecule has 1 saturated heterocycles. The van der Waals surface area contributed by atoms with Crippen LogP contribution in [0.15, 0.2) is 0 Å². The van der Waals surface area contributed by atoms with Gasteiger partial charge in [-0.15, -0.1) is 0 Å². The van der Waals surface area contributed by atoms with Crippen LogP contribution < -0.4 is 5.32 Å².